The van der Waals surface area contributed by atoms with Crippen molar-refractivity contribution in [1.29, 1.82) is 0 Å². The number of rotatable bonds is 7. The van der Waals surface area contributed by atoms with E-state index in [0.29, 0.717) is 16.2 Å². The number of aromatic nitrogens is 5. The molecule has 2 aromatic heterocycles. The molecule has 0 radical (unpaired) electrons. The molecule has 1 fully saturated rings. The first-order chi connectivity index (χ1) is 14.6. The first-order valence-corrected chi connectivity index (χ1v) is 11.7. The molecule has 1 aliphatic carbocycles. The van der Waals surface area contributed by atoms with Gasteiger partial charge in [-0.05, 0) is 25.0 Å². The van der Waals surface area contributed by atoms with Gasteiger partial charge in [0.05, 0.1) is 12.9 Å². The average molecular weight is 445 g/mol. The van der Waals surface area contributed by atoms with Gasteiger partial charge in [-0.2, -0.15) is 0 Å². The Balaban J connectivity index is 1.34. The fourth-order valence-electron chi connectivity index (χ4n) is 3.54. The Labute approximate surface area is 183 Å². The maximum Gasteiger partial charge on any atom is 0.236 e. The van der Waals surface area contributed by atoms with Crippen molar-refractivity contribution in [3.8, 4) is 17.1 Å². The molecule has 2 heterocycles. The second kappa shape index (κ2) is 9.57. The van der Waals surface area contributed by atoms with E-state index in [1.54, 1.807) is 7.11 Å². The molecule has 0 aliphatic heterocycles. The number of thioether (sulfide) groups is 1. The van der Waals surface area contributed by atoms with Gasteiger partial charge >= 0.3 is 0 Å². The highest BCUT2D eigenvalue weighted by Gasteiger charge is 2.20. The number of carbonyl (C=O) groups excluding carboxylic acids is 1. The predicted octanol–water partition coefficient (Wildman–Crippen LogP) is 4.12. The lowest BCUT2D eigenvalue weighted by Crippen LogP contribution is -2.14. The second-order valence-electron chi connectivity index (χ2n) is 7.21. The van der Waals surface area contributed by atoms with E-state index in [4.69, 9.17) is 4.74 Å². The van der Waals surface area contributed by atoms with Crippen molar-refractivity contribution < 1.29 is 9.53 Å². The summed E-state index contributed by atoms with van der Waals surface area (Å²) >= 11 is 2.83. The van der Waals surface area contributed by atoms with Crippen LogP contribution in [0.3, 0.4) is 0 Å². The van der Waals surface area contributed by atoms with Crippen molar-refractivity contribution in [2.45, 2.75) is 43.2 Å². The molecule has 8 nitrogen and oxygen atoms in total. The summed E-state index contributed by atoms with van der Waals surface area (Å²) in [5.74, 6) is 2.07. The number of anilines is 1. The van der Waals surface area contributed by atoms with Gasteiger partial charge in [-0.3, -0.25) is 10.1 Å². The van der Waals surface area contributed by atoms with Crippen LogP contribution in [0.2, 0.25) is 0 Å². The van der Waals surface area contributed by atoms with Gasteiger partial charge in [0.25, 0.3) is 0 Å². The highest BCUT2D eigenvalue weighted by Crippen LogP contribution is 2.35. The number of hydrogen-bond donors (Lipinski definition) is 1. The van der Waals surface area contributed by atoms with E-state index in [-0.39, 0.29) is 11.7 Å². The zero-order valence-corrected chi connectivity index (χ0v) is 18.6. The van der Waals surface area contributed by atoms with Crippen molar-refractivity contribution in [2.75, 3.05) is 18.2 Å². The van der Waals surface area contributed by atoms with Gasteiger partial charge in [-0.15, -0.1) is 20.4 Å². The van der Waals surface area contributed by atoms with Crippen LogP contribution in [0.4, 0.5) is 5.13 Å². The minimum Gasteiger partial charge on any atom is -0.497 e. The third-order valence-corrected chi connectivity index (χ3v) is 7.16. The summed E-state index contributed by atoms with van der Waals surface area (Å²) in [6.45, 7) is 0. The van der Waals surface area contributed by atoms with Crippen LogP contribution in [-0.4, -0.2) is 43.7 Å². The molecule has 10 heteroatoms. The molecular weight excluding hydrogens is 420 g/mol. The molecule has 1 saturated carbocycles. The lowest BCUT2D eigenvalue weighted by atomic mass is 9.90. The summed E-state index contributed by atoms with van der Waals surface area (Å²) < 4.78 is 7.15. The zero-order valence-electron chi connectivity index (χ0n) is 17.0. The predicted molar refractivity (Wildman–Crippen MR) is 118 cm³/mol. The fraction of sp³-hybridized carbons (Fsp3) is 0.450. The number of nitrogens with zero attached hydrogens (tertiary/aromatic N) is 5. The van der Waals surface area contributed by atoms with Crippen LogP contribution in [0.1, 0.15) is 43.0 Å². The van der Waals surface area contributed by atoms with Crippen molar-refractivity contribution >= 4 is 34.1 Å². The topological polar surface area (TPSA) is 94.8 Å². The van der Waals surface area contributed by atoms with Gasteiger partial charge in [0.15, 0.2) is 11.0 Å². The molecular formula is C20H24N6O2S2. The molecule has 1 aliphatic rings. The molecule has 0 spiro atoms. The molecule has 158 valence electrons. The zero-order chi connectivity index (χ0) is 20.9. The van der Waals surface area contributed by atoms with E-state index < -0.39 is 0 Å². The van der Waals surface area contributed by atoms with Gasteiger partial charge in [0.2, 0.25) is 11.0 Å². The third-order valence-electron chi connectivity index (χ3n) is 5.14. The summed E-state index contributed by atoms with van der Waals surface area (Å²) in [4.78, 5) is 12.4. The van der Waals surface area contributed by atoms with E-state index in [0.717, 1.165) is 22.1 Å². The van der Waals surface area contributed by atoms with Crippen LogP contribution in [0.15, 0.2) is 29.4 Å². The number of nitrogens with one attached hydrogen (secondary N) is 1. The van der Waals surface area contributed by atoms with Crippen LogP contribution < -0.4 is 10.1 Å². The van der Waals surface area contributed by atoms with Gasteiger partial charge in [-0.1, -0.05) is 54.5 Å². The monoisotopic (exact) mass is 444 g/mol. The first-order valence-electron chi connectivity index (χ1n) is 9.94. The SMILES string of the molecule is COc1cccc(-c2nnc(SCC(=O)Nc3nnc(C4CCCCC4)s3)n2C)c1. The van der Waals surface area contributed by atoms with Gasteiger partial charge in [0.1, 0.15) is 10.8 Å². The Morgan fingerprint density at radius 3 is 2.87 bits per heavy atom. The van der Waals surface area contributed by atoms with Crippen LogP contribution in [0.5, 0.6) is 5.75 Å². The van der Waals surface area contributed by atoms with E-state index >= 15 is 0 Å². The molecule has 0 atom stereocenters. The summed E-state index contributed by atoms with van der Waals surface area (Å²) in [7, 11) is 3.52. The largest absolute Gasteiger partial charge is 0.497 e. The molecule has 1 N–H and O–H groups in total. The molecule has 0 saturated heterocycles. The maximum absolute atomic E-state index is 12.4. The number of amides is 1. The van der Waals surface area contributed by atoms with Gasteiger partial charge < -0.3 is 9.30 Å². The molecule has 4 rings (SSSR count). The van der Waals surface area contributed by atoms with Crippen LogP contribution in [-0.2, 0) is 11.8 Å². The molecule has 0 unspecified atom stereocenters. The van der Waals surface area contributed by atoms with Crippen LogP contribution in [0.25, 0.3) is 11.4 Å². The highest BCUT2D eigenvalue weighted by atomic mass is 32.2. The van der Waals surface area contributed by atoms with Crippen molar-refractivity contribution in [3.63, 3.8) is 0 Å². The van der Waals surface area contributed by atoms with Crippen molar-refractivity contribution in [1.82, 2.24) is 25.0 Å². The van der Waals surface area contributed by atoms with Gasteiger partial charge in [0, 0.05) is 18.5 Å². The maximum atomic E-state index is 12.4. The number of carbonyl (C=O) groups is 1. The Morgan fingerprint density at radius 1 is 1.23 bits per heavy atom. The smallest absolute Gasteiger partial charge is 0.236 e. The first kappa shape index (κ1) is 20.8. The third kappa shape index (κ3) is 4.81. The van der Waals surface area contributed by atoms with Crippen LogP contribution in [0, 0.1) is 0 Å². The normalized spacial score (nSPS) is 14.6. The van der Waals surface area contributed by atoms with Crippen molar-refractivity contribution in [2.24, 2.45) is 7.05 Å². The lowest BCUT2D eigenvalue weighted by molar-refractivity contribution is -0.113. The lowest BCUT2D eigenvalue weighted by Gasteiger charge is -2.18. The highest BCUT2D eigenvalue weighted by molar-refractivity contribution is 7.99. The van der Waals surface area contributed by atoms with E-state index in [1.165, 1.54) is 55.2 Å². The number of ether oxygens (including phenoxy) is 1. The molecule has 1 amide bonds. The molecule has 1 aromatic carbocycles. The Bertz CT molecular complexity index is 1010. The van der Waals surface area contributed by atoms with E-state index in [1.807, 2.05) is 35.9 Å². The van der Waals surface area contributed by atoms with E-state index in [2.05, 4.69) is 25.7 Å². The van der Waals surface area contributed by atoms with Crippen LogP contribution >= 0.6 is 23.1 Å². The van der Waals surface area contributed by atoms with Gasteiger partial charge in [-0.25, -0.2) is 0 Å². The van der Waals surface area contributed by atoms with E-state index in [9.17, 15) is 4.79 Å². The number of hydrogen-bond acceptors (Lipinski definition) is 8. The molecule has 3 aromatic rings. The average Bonchev–Trinajstić information content (AvgIpc) is 3.39. The second-order valence-corrected chi connectivity index (χ2v) is 9.17. The Hall–Kier alpha value is -2.46. The number of methoxy groups -OCH3 is 1. The fourth-order valence-corrected chi connectivity index (χ4v) is 5.18. The summed E-state index contributed by atoms with van der Waals surface area (Å²) in [6.07, 6.45) is 6.13. The quantitative estimate of drug-likeness (QED) is 0.548. The molecule has 30 heavy (non-hydrogen) atoms. The standard InChI is InChI=1S/C20H24N6O2S2/c1-26-17(14-9-6-10-15(11-14)28-2)22-25-20(26)29-12-16(27)21-19-24-23-18(30-19)13-7-4-3-5-8-13/h6,9-11,13H,3-5,7-8,12H2,1-2H3,(H,21,24,27). The Morgan fingerprint density at radius 2 is 2.07 bits per heavy atom. The minimum absolute atomic E-state index is 0.128. The minimum atomic E-state index is -0.128. The van der Waals surface area contributed by atoms with Crippen molar-refractivity contribution in [3.05, 3.63) is 29.3 Å². The molecule has 0 bridgehead atoms. The Kier molecular flexibility index (Phi) is 6.63. The summed E-state index contributed by atoms with van der Waals surface area (Å²) in [6, 6.07) is 7.65. The number of benzene rings is 1. The summed E-state index contributed by atoms with van der Waals surface area (Å²) in [5.41, 5.74) is 0.907. The summed E-state index contributed by atoms with van der Waals surface area (Å²) in [5, 5.41) is 22.0.